The van der Waals surface area contributed by atoms with Gasteiger partial charge in [0, 0.05) is 12.3 Å². The Kier molecular flexibility index (Phi) is 3.77. The summed E-state index contributed by atoms with van der Waals surface area (Å²) >= 11 is 0. The van der Waals surface area contributed by atoms with Crippen molar-refractivity contribution in [1.82, 2.24) is 4.98 Å². The lowest BCUT2D eigenvalue weighted by Crippen LogP contribution is -1.96. The average Bonchev–Trinajstić information content (AvgIpc) is 2.19. The first-order valence-electron chi connectivity index (χ1n) is 4.35. The molecule has 1 aromatic heterocycles. The number of aromatic nitrogens is 1. The summed E-state index contributed by atoms with van der Waals surface area (Å²) in [4.78, 5) is 3.85. The predicted molar refractivity (Wildman–Crippen MR) is 49.4 cm³/mol. The van der Waals surface area contributed by atoms with Gasteiger partial charge >= 0.3 is 0 Å². The van der Waals surface area contributed by atoms with E-state index in [2.05, 4.69) is 11.9 Å². The van der Waals surface area contributed by atoms with E-state index in [1.807, 2.05) is 6.07 Å². The summed E-state index contributed by atoms with van der Waals surface area (Å²) in [5, 5.41) is 8.57. The molecule has 13 heavy (non-hydrogen) atoms. The Hall–Kier alpha value is -1.56. The van der Waals surface area contributed by atoms with Crippen LogP contribution >= 0.6 is 0 Å². The van der Waals surface area contributed by atoms with Crippen LogP contribution in [0.5, 0.6) is 5.75 Å². The molecular weight excluding hydrogens is 164 g/mol. The van der Waals surface area contributed by atoms with E-state index >= 15 is 0 Å². The zero-order chi connectivity index (χ0) is 9.52. The second-order valence-corrected chi connectivity index (χ2v) is 2.69. The molecule has 3 heteroatoms. The van der Waals surface area contributed by atoms with Crippen LogP contribution in [0.25, 0.3) is 0 Å². The van der Waals surface area contributed by atoms with Crippen molar-refractivity contribution >= 4 is 0 Å². The smallest absolute Gasteiger partial charge is 0.144 e. The van der Waals surface area contributed by atoms with Crippen molar-refractivity contribution in [3.05, 3.63) is 24.0 Å². The summed E-state index contributed by atoms with van der Waals surface area (Å²) in [5.41, 5.74) is 0.397. The van der Waals surface area contributed by atoms with Gasteiger partial charge in [0.1, 0.15) is 17.5 Å². The Balaban J connectivity index is 2.52. The molecule has 0 spiro atoms. The highest BCUT2D eigenvalue weighted by molar-refractivity contribution is 5.29. The van der Waals surface area contributed by atoms with Crippen molar-refractivity contribution in [2.24, 2.45) is 0 Å². The van der Waals surface area contributed by atoms with Gasteiger partial charge in [0.05, 0.1) is 6.61 Å². The van der Waals surface area contributed by atoms with Crippen LogP contribution in [0.3, 0.4) is 0 Å². The van der Waals surface area contributed by atoms with Crippen molar-refractivity contribution in [1.29, 1.82) is 5.26 Å². The Bertz CT molecular complexity index is 304. The molecule has 0 amide bonds. The molecule has 1 aromatic rings. The molecule has 0 radical (unpaired) electrons. The number of nitriles is 1. The fraction of sp³-hybridized carbons (Fsp3) is 0.400. The molecule has 1 heterocycles. The van der Waals surface area contributed by atoms with Gasteiger partial charge in [-0.3, -0.25) is 0 Å². The predicted octanol–water partition coefficient (Wildman–Crippen LogP) is 2.13. The Morgan fingerprint density at radius 2 is 2.46 bits per heavy atom. The molecule has 0 unspecified atom stereocenters. The largest absolute Gasteiger partial charge is 0.493 e. The summed E-state index contributed by atoms with van der Waals surface area (Å²) in [6.07, 6.45) is 3.72. The highest BCUT2D eigenvalue weighted by atomic mass is 16.5. The lowest BCUT2D eigenvalue weighted by Gasteiger charge is -2.03. The third-order valence-corrected chi connectivity index (χ3v) is 1.61. The summed E-state index contributed by atoms with van der Waals surface area (Å²) in [6.45, 7) is 2.81. The van der Waals surface area contributed by atoms with Crippen molar-refractivity contribution in [3.8, 4) is 11.8 Å². The van der Waals surface area contributed by atoms with Gasteiger partial charge in [0.15, 0.2) is 0 Å². The number of unbranched alkanes of at least 4 members (excludes halogenated alkanes) is 1. The monoisotopic (exact) mass is 176 g/mol. The zero-order valence-electron chi connectivity index (χ0n) is 7.66. The standard InChI is InChI=1S/C10H12N2O/c1-2-3-6-13-10-4-5-12-9(7-10)8-11/h4-5,7H,2-3,6H2,1H3. The average molecular weight is 176 g/mol. The van der Waals surface area contributed by atoms with E-state index in [-0.39, 0.29) is 0 Å². The van der Waals surface area contributed by atoms with Crippen LogP contribution in [-0.2, 0) is 0 Å². The van der Waals surface area contributed by atoms with Gasteiger partial charge in [-0.2, -0.15) is 5.26 Å². The number of hydrogen-bond donors (Lipinski definition) is 0. The van der Waals surface area contributed by atoms with Gasteiger partial charge in [-0.15, -0.1) is 0 Å². The second-order valence-electron chi connectivity index (χ2n) is 2.69. The van der Waals surface area contributed by atoms with Gasteiger partial charge in [0.2, 0.25) is 0 Å². The molecule has 0 N–H and O–H groups in total. The lowest BCUT2D eigenvalue weighted by molar-refractivity contribution is 0.309. The Morgan fingerprint density at radius 1 is 1.62 bits per heavy atom. The van der Waals surface area contributed by atoms with Crippen molar-refractivity contribution in [2.45, 2.75) is 19.8 Å². The fourth-order valence-electron chi connectivity index (χ4n) is 0.896. The SMILES string of the molecule is CCCCOc1ccnc(C#N)c1. The molecule has 0 aliphatic rings. The fourth-order valence-corrected chi connectivity index (χ4v) is 0.896. The Labute approximate surface area is 78.0 Å². The van der Waals surface area contributed by atoms with Crippen LogP contribution in [0.2, 0.25) is 0 Å². The Morgan fingerprint density at radius 3 is 3.15 bits per heavy atom. The van der Waals surface area contributed by atoms with Gasteiger partial charge < -0.3 is 4.74 Å². The molecule has 0 fully saturated rings. The maximum atomic E-state index is 8.57. The van der Waals surface area contributed by atoms with Crippen molar-refractivity contribution in [3.63, 3.8) is 0 Å². The van der Waals surface area contributed by atoms with Gasteiger partial charge in [0.25, 0.3) is 0 Å². The van der Waals surface area contributed by atoms with E-state index in [1.165, 1.54) is 0 Å². The van der Waals surface area contributed by atoms with Gasteiger partial charge in [-0.05, 0) is 12.5 Å². The van der Waals surface area contributed by atoms with E-state index in [1.54, 1.807) is 18.3 Å². The van der Waals surface area contributed by atoms with Crippen LogP contribution in [0, 0.1) is 11.3 Å². The first kappa shape index (κ1) is 9.53. The van der Waals surface area contributed by atoms with E-state index < -0.39 is 0 Å². The maximum Gasteiger partial charge on any atom is 0.144 e. The minimum atomic E-state index is 0.397. The number of hydrogen-bond acceptors (Lipinski definition) is 3. The van der Waals surface area contributed by atoms with Gasteiger partial charge in [-0.25, -0.2) is 4.98 Å². The molecule has 3 nitrogen and oxygen atoms in total. The van der Waals surface area contributed by atoms with Crippen LogP contribution in [0.1, 0.15) is 25.5 Å². The molecule has 0 saturated carbocycles. The zero-order valence-corrected chi connectivity index (χ0v) is 7.66. The molecule has 0 atom stereocenters. The van der Waals surface area contributed by atoms with Crippen molar-refractivity contribution in [2.75, 3.05) is 6.61 Å². The highest BCUT2D eigenvalue weighted by Crippen LogP contribution is 2.10. The number of nitrogens with zero attached hydrogens (tertiary/aromatic N) is 2. The van der Waals surface area contributed by atoms with E-state index in [9.17, 15) is 0 Å². The van der Waals surface area contributed by atoms with Crippen molar-refractivity contribution < 1.29 is 4.74 Å². The first-order chi connectivity index (χ1) is 6.36. The third-order valence-electron chi connectivity index (χ3n) is 1.61. The highest BCUT2D eigenvalue weighted by Gasteiger charge is 1.95. The molecule has 0 saturated heterocycles. The van der Waals surface area contributed by atoms with Crippen LogP contribution < -0.4 is 4.74 Å². The normalized spacial score (nSPS) is 9.23. The molecule has 1 rings (SSSR count). The van der Waals surface area contributed by atoms with E-state index in [0.717, 1.165) is 18.6 Å². The van der Waals surface area contributed by atoms with Crippen LogP contribution in [0.15, 0.2) is 18.3 Å². The molecule has 0 aliphatic heterocycles. The van der Waals surface area contributed by atoms with E-state index in [0.29, 0.717) is 12.3 Å². The summed E-state index contributed by atoms with van der Waals surface area (Å²) < 4.78 is 5.40. The van der Waals surface area contributed by atoms with Gasteiger partial charge in [-0.1, -0.05) is 13.3 Å². The van der Waals surface area contributed by atoms with Crippen LogP contribution in [0.4, 0.5) is 0 Å². The van der Waals surface area contributed by atoms with Crippen LogP contribution in [-0.4, -0.2) is 11.6 Å². The maximum absolute atomic E-state index is 8.57. The molecule has 0 bridgehead atoms. The first-order valence-corrected chi connectivity index (χ1v) is 4.35. The summed E-state index contributed by atoms with van der Waals surface area (Å²) in [5.74, 6) is 0.722. The quantitative estimate of drug-likeness (QED) is 0.660. The minimum Gasteiger partial charge on any atom is -0.493 e. The molecular formula is C10H12N2O. The number of rotatable bonds is 4. The second kappa shape index (κ2) is 5.15. The minimum absolute atomic E-state index is 0.397. The molecule has 68 valence electrons. The third kappa shape index (κ3) is 3.12. The molecule has 0 aliphatic carbocycles. The number of ether oxygens (including phenoxy) is 1. The summed E-state index contributed by atoms with van der Waals surface area (Å²) in [6, 6.07) is 5.38. The summed E-state index contributed by atoms with van der Waals surface area (Å²) in [7, 11) is 0. The molecule has 0 aromatic carbocycles. The lowest BCUT2D eigenvalue weighted by atomic mass is 10.3. The topological polar surface area (TPSA) is 45.9 Å². The van der Waals surface area contributed by atoms with E-state index in [4.69, 9.17) is 10.00 Å². The number of pyridine rings is 1.